The molecule has 1 unspecified atom stereocenters. The number of hydrogen-bond acceptors (Lipinski definition) is 5. The standard InChI is InChI=1S/C11H17N3O3/c1-7(2)3-8(15)4-13-10-6-12-5-9(14-10)11(16)17/h5-8,15H,3-4H2,1-2H3,(H,13,14)(H,16,17). The predicted octanol–water partition coefficient (Wildman–Crippen LogP) is 0.994. The number of aliphatic hydroxyl groups is 1. The van der Waals surface area contributed by atoms with Crippen molar-refractivity contribution in [3.63, 3.8) is 0 Å². The molecule has 6 heteroatoms. The Morgan fingerprint density at radius 2 is 2.18 bits per heavy atom. The van der Waals surface area contributed by atoms with Gasteiger partial charge in [-0.1, -0.05) is 13.8 Å². The highest BCUT2D eigenvalue weighted by atomic mass is 16.4. The molecule has 0 spiro atoms. The molecule has 1 atom stereocenters. The van der Waals surface area contributed by atoms with Gasteiger partial charge in [0, 0.05) is 6.54 Å². The molecule has 0 aliphatic carbocycles. The first-order valence-electron chi connectivity index (χ1n) is 5.46. The average Bonchev–Trinajstić information content (AvgIpc) is 2.26. The topological polar surface area (TPSA) is 95.3 Å². The molecule has 0 fully saturated rings. The zero-order valence-corrected chi connectivity index (χ0v) is 9.92. The largest absolute Gasteiger partial charge is 0.476 e. The summed E-state index contributed by atoms with van der Waals surface area (Å²) in [7, 11) is 0. The summed E-state index contributed by atoms with van der Waals surface area (Å²) in [6.07, 6.45) is 2.80. The van der Waals surface area contributed by atoms with Crippen molar-refractivity contribution in [1.29, 1.82) is 0 Å². The number of nitrogens with one attached hydrogen (secondary N) is 1. The molecular formula is C11H17N3O3. The third-order valence-corrected chi connectivity index (χ3v) is 2.12. The summed E-state index contributed by atoms with van der Waals surface area (Å²) in [5, 5.41) is 21.2. The number of aromatic nitrogens is 2. The van der Waals surface area contributed by atoms with Crippen LogP contribution in [0.2, 0.25) is 0 Å². The number of hydrogen-bond donors (Lipinski definition) is 3. The molecule has 94 valence electrons. The number of carboxylic acid groups (broad SMARTS) is 1. The second kappa shape index (κ2) is 6.15. The van der Waals surface area contributed by atoms with Crippen molar-refractivity contribution in [3.8, 4) is 0 Å². The fraction of sp³-hybridized carbons (Fsp3) is 0.545. The lowest BCUT2D eigenvalue weighted by Crippen LogP contribution is -2.22. The highest BCUT2D eigenvalue weighted by Crippen LogP contribution is 2.06. The fourth-order valence-electron chi connectivity index (χ4n) is 1.40. The summed E-state index contributed by atoms with van der Waals surface area (Å²) >= 11 is 0. The number of anilines is 1. The summed E-state index contributed by atoms with van der Waals surface area (Å²) in [6, 6.07) is 0. The van der Waals surface area contributed by atoms with Crippen LogP contribution in [0.15, 0.2) is 12.4 Å². The van der Waals surface area contributed by atoms with Crippen molar-refractivity contribution in [2.45, 2.75) is 26.4 Å². The van der Waals surface area contributed by atoms with Gasteiger partial charge in [0.2, 0.25) is 0 Å². The van der Waals surface area contributed by atoms with Gasteiger partial charge < -0.3 is 15.5 Å². The Labute approximate surface area is 99.7 Å². The maximum Gasteiger partial charge on any atom is 0.356 e. The van der Waals surface area contributed by atoms with Gasteiger partial charge >= 0.3 is 5.97 Å². The van der Waals surface area contributed by atoms with E-state index in [1.807, 2.05) is 13.8 Å². The number of carbonyl (C=O) groups is 1. The molecule has 0 aromatic carbocycles. The lowest BCUT2D eigenvalue weighted by atomic mass is 10.1. The van der Waals surface area contributed by atoms with Gasteiger partial charge in [0.05, 0.1) is 18.5 Å². The van der Waals surface area contributed by atoms with E-state index < -0.39 is 12.1 Å². The van der Waals surface area contributed by atoms with Crippen LogP contribution in [0.5, 0.6) is 0 Å². The number of rotatable bonds is 6. The van der Waals surface area contributed by atoms with Gasteiger partial charge in [-0.3, -0.25) is 4.98 Å². The molecule has 0 aliphatic rings. The van der Waals surface area contributed by atoms with Crippen molar-refractivity contribution in [2.24, 2.45) is 5.92 Å². The smallest absolute Gasteiger partial charge is 0.356 e. The Kier molecular flexibility index (Phi) is 4.84. The molecule has 0 amide bonds. The Morgan fingerprint density at radius 1 is 1.47 bits per heavy atom. The van der Waals surface area contributed by atoms with Gasteiger partial charge in [0.25, 0.3) is 0 Å². The van der Waals surface area contributed by atoms with Crippen LogP contribution in [0.4, 0.5) is 5.82 Å². The third-order valence-electron chi connectivity index (χ3n) is 2.12. The molecule has 1 aromatic heterocycles. The fourth-order valence-corrected chi connectivity index (χ4v) is 1.40. The van der Waals surface area contributed by atoms with Gasteiger partial charge in [-0.15, -0.1) is 0 Å². The van der Waals surface area contributed by atoms with Crippen LogP contribution in [0.1, 0.15) is 30.8 Å². The molecule has 0 bridgehead atoms. The molecule has 0 saturated heterocycles. The van der Waals surface area contributed by atoms with E-state index in [2.05, 4.69) is 15.3 Å². The molecule has 3 N–H and O–H groups in total. The van der Waals surface area contributed by atoms with Gasteiger partial charge in [-0.05, 0) is 12.3 Å². The number of nitrogens with zero attached hydrogens (tertiary/aromatic N) is 2. The van der Waals surface area contributed by atoms with Crippen molar-refractivity contribution in [3.05, 3.63) is 18.1 Å². The van der Waals surface area contributed by atoms with Crippen LogP contribution < -0.4 is 5.32 Å². The van der Waals surface area contributed by atoms with Crippen molar-refractivity contribution in [1.82, 2.24) is 9.97 Å². The zero-order chi connectivity index (χ0) is 12.8. The highest BCUT2D eigenvalue weighted by Gasteiger charge is 2.09. The Balaban J connectivity index is 2.51. The highest BCUT2D eigenvalue weighted by molar-refractivity contribution is 5.85. The Bertz CT molecular complexity index is 382. The summed E-state index contributed by atoms with van der Waals surface area (Å²) in [6.45, 7) is 4.37. The van der Waals surface area contributed by atoms with E-state index in [4.69, 9.17) is 5.11 Å². The van der Waals surface area contributed by atoms with Gasteiger partial charge in [0.15, 0.2) is 5.69 Å². The van der Waals surface area contributed by atoms with Crippen molar-refractivity contribution < 1.29 is 15.0 Å². The summed E-state index contributed by atoms with van der Waals surface area (Å²) in [5.74, 6) is -0.361. The summed E-state index contributed by atoms with van der Waals surface area (Å²) in [4.78, 5) is 18.3. The van der Waals surface area contributed by atoms with E-state index in [1.165, 1.54) is 12.4 Å². The third kappa shape index (κ3) is 4.78. The van der Waals surface area contributed by atoms with E-state index >= 15 is 0 Å². The first-order valence-corrected chi connectivity index (χ1v) is 5.46. The normalized spacial score (nSPS) is 12.5. The molecule has 0 saturated carbocycles. The van der Waals surface area contributed by atoms with Crippen LogP contribution in [-0.2, 0) is 0 Å². The minimum atomic E-state index is -1.12. The van der Waals surface area contributed by atoms with E-state index in [0.717, 1.165) is 0 Å². The van der Waals surface area contributed by atoms with Crippen molar-refractivity contribution in [2.75, 3.05) is 11.9 Å². The molecule has 1 heterocycles. The van der Waals surface area contributed by atoms with Gasteiger partial charge in [-0.2, -0.15) is 0 Å². The number of carboxylic acids is 1. The Morgan fingerprint density at radius 3 is 2.76 bits per heavy atom. The van der Waals surface area contributed by atoms with Gasteiger partial charge in [-0.25, -0.2) is 9.78 Å². The number of aliphatic hydroxyl groups excluding tert-OH is 1. The lowest BCUT2D eigenvalue weighted by molar-refractivity contribution is 0.0690. The first kappa shape index (κ1) is 13.4. The SMILES string of the molecule is CC(C)CC(O)CNc1cncc(C(=O)O)n1. The molecule has 6 nitrogen and oxygen atoms in total. The average molecular weight is 239 g/mol. The van der Waals surface area contributed by atoms with Crippen molar-refractivity contribution >= 4 is 11.8 Å². The van der Waals surface area contributed by atoms with E-state index in [9.17, 15) is 9.90 Å². The van der Waals surface area contributed by atoms with Crippen LogP contribution in [0.3, 0.4) is 0 Å². The molecule has 0 radical (unpaired) electrons. The second-order valence-electron chi connectivity index (χ2n) is 4.26. The maximum absolute atomic E-state index is 10.7. The quantitative estimate of drug-likeness (QED) is 0.685. The predicted molar refractivity (Wildman–Crippen MR) is 62.9 cm³/mol. The van der Waals surface area contributed by atoms with E-state index in [-0.39, 0.29) is 5.69 Å². The van der Waals surface area contributed by atoms with Crippen LogP contribution in [0.25, 0.3) is 0 Å². The van der Waals surface area contributed by atoms with Gasteiger partial charge in [0.1, 0.15) is 5.82 Å². The van der Waals surface area contributed by atoms with Crippen LogP contribution in [0, 0.1) is 5.92 Å². The van der Waals surface area contributed by atoms with E-state index in [0.29, 0.717) is 24.7 Å². The molecule has 17 heavy (non-hydrogen) atoms. The maximum atomic E-state index is 10.7. The van der Waals surface area contributed by atoms with E-state index in [1.54, 1.807) is 0 Å². The Hall–Kier alpha value is -1.69. The second-order valence-corrected chi connectivity index (χ2v) is 4.26. The molecule has 1 rings (SSSR count). The first-order chi connectivity index (χ1) is 7.99. The number of aromatic carboxylic acids is 1. The molecule has 1 aromatic rings. The molecule has 0 aliphatic heterocycles. The van der Waals surface area contributed by atoms with Crippen LogP contribution >= 0.6 is 0 Å². The van der Waals surface area contributed by atoms with Crippen LogP contribution in [-0.4, -0.2) is 38.8 Å². The minimum Gasteiger partial charge on any atom is -0.476 e. The monoisotopic (exact) mass is 239 g/mol. The summed E-state index contributed by atoms with van der Waals surface area (Å²) in [5.41, 5.74) is -0.117. The lowest BCUT2D eigenvalue weighted by Gasteiger charge is -2.14. The minimum absolute atomic E-state index is 0.117. The molecular weight excluding hydrogens is 222 g/mol. The zero-order valence-electron chi connectivity index (χ0n) is 9.92. The summed E-state index contributed by atoms with van der Waals surface area (Å²) < 4.78 is 0.